The second kappa shape index (κ2) is 4.73. The molecule has 2 N–H and O–H groups in total. The molecule has 6 heteroatoms. The van der Waals surface area contributed by atoms with Crippen LogP contribution in [0.25, 0.3) is 11.4 Å². The van der Waals surface area contributed by atoms with Gasteiger partial charge in [0, 0.05) is 18.0 Å². The van der Waals surface area contributed by atoms with Gasteiger partial charge in [-0.3, -0.25) is 14.9 Å². The molecule has 0 aliphatic rings. The van der Waals surface area contributed by atoms with Gasteiger partial charge in [-0.25, -0.2) is 4.98 Å². The van der Waals surface area contributed by atoms with Gasteiger partial charge < -0.3 is 5.11 Å². The quantitative estimate of drug-likeness (QED) is 0.832. The fourth-order valence-electron chi connectivity index (χ4n) is 1.54. The van der Waals surface area contributed by atoms with E-state index >= 15 is 0 Å². The number of carbonyl (C=O) groups is 1. The first-order chi connectivity index (χ1) is 8.22. The molecule has 2 aromatic heterocycles. The lowest BCUT2D eigenvalue weighted by atomic mass is 10.1. The maximum atomic E-state index is 11.0. The predicted molar refractivity (Wildman–Crippen MR) is 60.3 cm³/mol. The van der Waals surface area contributed by atoms with Crippen molar-refractivity contribution >= 4 is 5.97 Å². The molecular formula is C11H12N4O2. The van der Waals surface area contributed by atoms with Gasteiger partial charge in [0.1, 0.15) is 11.7 Å². The van der Waals surface area contributed by atoms with E-state index in [1.54, 1.807) is 25.4 Å². The first-order valence-corrected chi connectivity index (χ1v) is 5.28. The summed E-state index contributed by atoms with van der Waals surface area (Å²) >= 11 is 0. The van der Waals surface area contributed by atoms with Crippen LogP contribution in [-0.2, 0) is 4.79 Å². The molecule has 0 fully saturated rings. The smallest absolute Gasteiger partial charge is 0.314 e. The molecule has 88 valence electrons. The average Bonchev–Trinajstić information content (AvgIpc) is 2.80. The Hall–Kier alpha value is -2.24. The Morgan fingerprint density at radius 1 is 1.59 bits per heavy atom. The Morgan fingerprint density at radius 2 is 2.41 bits per heavy atom. The number of hydrogen-bond donors (Lipinski definition) is 2. The van der Waals surface area contributed by atoms with Crippen molar-refractivity contribution in [2.75, 3.05) is 0 Å². The minimum Gasteiger partial charge on any atom is -0.481 e. The molecule has 17 heavy (non-hydrogen) atoms. The van der Waals surface area contributed by atoms with Crippen LogP contribution in [0.1, 0.15) is 25.1 Å². The van der Waals surface area contributed by atoms with Gasteiger partial charge in [0.05, 0.1) is 0 Å². The fraction of sp³-hybridized carbons (Fsp3) is 0.273. The van der Waals surface area contributed by atoms with Gasteiger partial charge in [-0.2, -0.15) is 5.10 Å². The maximum absolute atomic E-state index is 11.0. The summed E-state index contributed by atoms with van der Waals surface area (Å²) in [5.41, 5.74) is 0.759. The molecule has 0 aromatic carbocycles. The number of H-pyrrole nitrogens is 1. The summed E-state index contributed by atoms with van der Waals surface area (Å²) in [6.07, 6.45) is 3.76. The molecular weight excluding hydrogens is 220 g/mol. The number of carboxylic acids is 1. The molecule has 0 spiro atoms. The minimum absolute atomic E-state index is 0.374. The van der Waals surface area contributed by atoms with Crippen LogP contribution >= 0.6 is 0 Å². The van der Waals surface area contributed by atoms with E-state index in [1.807, 2.05) is 6.07 Å². The molecule has 0 radical (unpaired) electrons. The molecule has 2 heterocycles. The zero-order valence-corrected chi connectivity index (χ0v) is 9.29. The van der Waals surface area contributed by atoms with E-state index < -0.39 is 11.9 Å². The summed E-state index contributed by atoms with van der Waals surface area (Å²) in [6.45, 7) is 1.80. The first-order valence-electron chi connectivity index (χ1n) is 5.28. The number of nitrogens with one attached hydrogen (secondary N) is 1. The molecule has 0 saturated heterocycles. The van der Waals surface area contributed by atoms with E-state index in [2.05, 4.69) is 20.2 Å². The number of aromatic nitrogens is 4. The van der Waals surface area contributed by atoms with Crippen molar-refractivity contribution in [1.29, 1.82) is 0 Å². The van der Waals surface area contributed by atoms with E-state index in [1.165, 1.54) is 0 Å². The SMILES string of the molecule is CC[C@@H](C(=O)O)c1nc(-c2cccnc2)n[nH]1. The van der Waals surface area contributed by atoms with Crippen LogP contribution in [0.15, 0.2) is 24.5 Å². The molecule has 0 amide bonds. The Labute approximate surface area is 97.7 Å². The van der Waals surface area contributed by atoms with Crippen molar-refractivity contribution in [3.05, 3.63) is 30.4 Å². The summed E-state index contributed by atoms with van der Waals surface area (Å²) in [7, 11) is 0. The minimum atomic E-state index is -0.901. The van der Waals surface area contributed by atoms with Crippen LogP contribution in [0.2, 0.25) is 0 Å². The Balaban J connectivity index is 2.30. The number of hydrogen-bond acceptors (Lipinski definition) is 4. The van der Waals surface area contributed by atoms with E-state index in [0.717, 1.165) is 5.56 Å². The van der Waals surface area contributed by atoms with Gasteiger partial charge >= 0.3 is 5.97 Å². The largest absolute Gasteiger partial charge is 0.481 e. The Bertz CT molecular complexity index is 509. The summed E-state index contributed by atoms with van der Waals surface area (Å²) in [4.78, 5) is 19.1. The summed E-state index contributed by atoms with van der Waals surface area (Å²) in [5, 5.41) is 15.7. The zero-order valence-electron chi connectivity index (χ0n) is 9.29. The second-order valence-electron chi connectivity index (χ2n) is 3.59. The normalized spacial score (nSPS) is 12.3. The summed E-state index contributed by atoms with van der Waals surface area (Å²) < 4.78 is 0. The standard InChI is InChI=1S/C11H12N4O2/c1-2-8(11(16)17)10-13-9(14-15-10)7-4-3-5-12-6-7/h3-6,8H,2H2,1H3,(H,16,17)(H,13,14,15)/t8-/m1/s1. The van der Waals surface area contributed by atoms with Gasteiger partial charge in [-0.05, 0) is 18.6 Å². The highest BCUT2D eigenvalue weighted by Crippen LogP contribution is 2.19. The molecule has 0 saturated carbocycles. The van der Waals surface area contributed by atoms with Crippen molar-refractivity contribution in [1.82, 2.24) is 20.2 Å². The van der Waals surface area contributed by atoms with Gasteiger partial charge in [0.25, 0.3) is 0 Å². The van der Waals surface area contributed by atoms with Gasteiger partial charge in [-0.1, -0.05) is 6.92 Å². The van der Waals surface area contributed by atoms with E-state index in [9.17, 15) is 4.79 Å². The van der Waals surface area contributed by atoms with Crippen LogP contribution in [0.4, 0.5) is 0 Å². The highest BCUT2D eigenvalue weighted by atomic mass is 16.4. The molecule has 6 nitrogen and oxygen atoms in total. The highest BCUT2D eigenvalue weighted by molar-refractivity contribution is 5.74. The molecule has 0 aliphatic carbocycles. The third-order valence-electron chi connectivity index (χ3n) is 2.46. The van der Waals surface area contributed by atoms with Crippen LogP contribution in [0.5, 0.6) is 0 Å². The fourth-order valence-corrected chi connectivity index (χ4v) is 1.54. The van der Waals surface area contributed by atoms with Crippen molar-refractivity contribution in [3.63, 3.8) is 0 Å². The molecule has 1 atom stereocenters. The third-order valence-corrected chi connectivity index (χ3v) is 2.46. The summed E-state index contributed by atoms with van der Waals surface area (Å²) in [6, 6.07) is 3.60. The Kier molecular flexibility index (Phi) is 3.13. The van der Waals surface area contributed by atoms with Gasteiger partial charge in [-0.15, -0.1) is 0 Å². The number of nitrogens with zero attached hydrogens (tertiary/aromatic N) is 3. The molecule has 2 rings (SSSR count). The number of aromatic amines is 1. The van der Waals surface area contributed by atoms with Crippen LogP contribution in [-0.4, -0.2) is 31.2 Å². The van der Waals surface area contributed by atoms with Crippen LogP contribution < -0.4 is 0 Å². The van der Waals surface area contributed by atoms with E-state index in [4.69, 9.17) is 5.11 Å². The number of pyridine rings is 1. The van der Waals surface area contributed by atoms with Gasteiger partial charge in [0.15, 0.2) is 5.82 Å². The maximum Gasteiger partial charge on any atom is 0.314 e. The van der Waals surface area contributed by atoms with Crippen molar-refractivity contribution < 1.29 is 9.90 Å². The molecule has 0 unspecified atom stereocenters. The predicted octanol–water partition coefficient (Wildman–Crippen LogP) is 1.44. The molecule has 0 bridgehead atoms. The Morgan fingerprint density at radius 3 is 3.00 bits per heavy atom. The van der Waals surface area contributed by atoms with E-state index in [0.29, 0.717) is 18.1 Å². The second-order valence-corrected chi connectivity index (χ2v) is 3.59. The monoisotopic (exact) mass is 232 g/mol. The van der Waals surface area contributed by atoms with E-state index in [-0.39, 0.29) is 0 Å². The molecule has 2 aromatic rings. The topological polar surface area (TPSA) is 91.8 Å². The van der Waals surface area contributed by atoms with Crippen molar-refractivity contribution in [3.8, 4) is 11.4 Å². The first kappa shape index (κ1) is 11.3. The number of aliphatic carboxylic acids is 1. The van der Waals surface area contributed by atoms with Gasteiger partial charge in [0.2, 0.25) is 0 Å². The van der Waals surface area contributed by atoms with Crippen LogP contribution in [0.3, 0.4) is 0 Å². The average molecular weight is 232 g/mol. The zero-order chi connectivity index (χ0) is 12.3. The lowest BCUT2D eigenvalue weighted by Crippen LogP contribution is -2.12. The molecule has 0 aliphatic heterocycles. The lowest BCUT2D eigenvalue weighted by molar-refractivity contribution is -0.139. The summed E-state index contributed by atoms with van der Waals surface area (Å²) in [5.74, 6) is -0.707. The number of carboxylic acid groups (broad SMARTS) is 1. The third kappa shape index (κ3) is 2.30. The number of rotatable bonds is 4. The highest BCUT2D eigenvalue weighted by Gasteiger charge is 2.21. The van der Waals surface area contributed by atoms with Crippen molar-refractivity contribution in [2.45, 2.75) is 19.3 Å². The van der Waals surface area contributed by atoms with Crippen LogP contribution in [0, 0.1) is 0 Å². The van der Waals surface area contributed by atoms with Crippen molar-refractivity contribution in [2.24, 2.45) is 0 Å². The lowest BCUT2D eigenvalue weighted by Gasteiger charge is -2.03.